The van der Waals surface area contributed by atoms with E-state index >= 15 is 0 Å². The van der Waals surface area contributed by atoms with Gasteiger partial charge in [0.15, 0.2) is 5.76 Å². The SMILES string of the molecule is O=C1N/C(=C\c2ccc(O)cc2)C(O)=C1C=NCc1ccccc1. The molecule has 1 heterocycles. The maximum Gasteiger partial charge on any atom is 0.261 e. The summed E-state index contributed by atoms with van der Waals surface area (Å²) in [6.07, 6.45) is 3.01. The fourth-order valence-corrected chi connectivity index (χ4v) is 2.29. The molecule has 24 heavy (non-hydrogen) atoms. The minimum absolute atomic E-state index is 0.134. The number of phenols is 1. The second-order valence-electron chi connectivity index (χ2n) is 5.32. The molecule has 0 aliphatic carbocycles. The lowest BCUT2D eigenvalue weighted by Crippen LogP contribution is -2.16. The summed E-state index contributed by atoms with van der Waals surface area (Å²) in [4.78, 5) is 16.2. The van der Waals surface area contributed by atoms with Gasteiger partial charge in [-0.1, -0.05) is 42.5 Å². The van der Waals surface area contributed by atoms with Crippen LogP contribution in [0.4, 0.5) is 0 Å². The van der Waals surface area contributed by atoms with Gasteiger partial charge in [-0.2, -0.15) is 0 Å². The first kappa shape index (κ1) is 15.6. The maximum absolute atomic E-state index is 12.0. The molecule has 1 aliphatic heterocycles. The first-order chi connectivity index (χ1) is 11.6. The maximum atomic E-state index is 12.0. The third kappa shape index (κ3) is 3.52. The minimum Gasteiger partial charge on any atom is -0.508 e. The average molecular weight is 320 g/mol. The summed E-state index contributed by atoms with van der Waals surface area (Å²) in [7, 11) is 0. The normalized spacial score (nSPS) is 16.2. The lowest BCUT2D eigenvalue weighted by molar-refractivity contribution is -0.115. The summed E-state index contributed by atoms with van der Waals surface area (Å²) in [5.74, 6) is -0.375. The summed E-state index contributed by atoms with van der Waals surface area (Å²) in [5.41, 5.74) is 2.21. The molecule has 0 unspecified atom stereocenters. The van der Waals surface area contributed by atoms with Crippen molar-refractivity contribution in [1.82, 2.24) is 5.32 Å². The van der Waals surface area contributed by atoms with Gasteiger partial charge in [0.05, 0.1) is 12.2 Å². The number of rotatable bonds is 4. The van der Waals surface area contributed by atoms with Gasteiger partial charge in [0, 0.05) is 6.21 Å². The van der Waals surface area contributed by atoms with Gasteiger partial charge in [0.1, 0.15) is 11.3 Å². The van der Waals surface area contributed by atoms with Crippen LogP contribution in [0.1, 0.15) is 11.1 Å². The zero-order valence-corrected chi connectivity index (χ0v) is 12.8. The third-order valence-electron chi connectivity index (χ3n) is 3.54. The molecule has 1 amide bonds. The van der Waals surface area contributed by atoms with Crippen LogP contribution in [-0.2, 0) is 11.3 Å². The molecule has 0 saturated carbocycles. The monoisotopic (exact) mass is 320 g/mol. The number of nitrogens with one attached hydrogen (secondary N) is 1. The van der Waals surface area contributed by atoms with E-state index in [1.54, 1.807) is 18.2 Å². The molecular weight excluding hydrogens is 304 g/mol. The van der Waals surface area contributed by atoms with Crippen molar-refractivity contribution in [3.05, 3.63) is 82.8 Å². The van der Waals surface area contributed by atoms with Crippen LogP contribution in [0.25, 0.3) is 6.08 Å². The molecule has 1 aliphatic rings. The van der Waals surface area contributed by atoms with Crippen LogP contribution >= 0.6 is 0 Å². The van der Waals surface area contributed by atoms with Gasteiger partial charge in [-0.25, -0.2) is 0 Å². The predicted octanol–water partition coefficient (Wildman–Crippen LogP) is 2.95. The Labute approximate surface area is 139 Å². The predicted molar refractivity (Wildman–Crippen MR) is 92.5 cm³/mol. The lowest BCUT2D eigenvalue weighted by atomic mass is 10.1. The number of aromatic hydroxyl groups is 1. The Morgan fingerprint density at radius 3 is 2.42 bits per heavy atom. The summed E-state index contributed by atoms with van der Waals surface area (Å²) in [6.45, 7) is 0.432. The van der Waals surface area contributed by atoms with E-state index in [1.807, 2.05) is 30.3 Å². The molecule has 120 valence electrons. The molecule has 0 fully saturated rings. The van der Waals surface area contributed by atoms with Gasteiger partial charge in [-0.05, 0) is 29.3 Å². The van der Waals surface area contributed by atoms with Crippen LogP contribution in [0.15, 0.2) is 76.6 Å². The fourth-order valence-electron chi connectivity index (χ4n) is 2.29. The molecule has 0 radical (unpaired) electrons. The molecule has 0 saturated heterocycles. The van der Waals surface area contributed by atoms with Crippen molar-refractivity contribution in [1.29, 1.82) is 0 Å². The van der Waals surface area contributed by atoms with Crippen LogP contribution < -0.4 is 5.32 Å². The van der Waals surface area contributed by atoms with E-state index in [0.29, 0.717) is 12.2 Å². The van der Waals surface area contributed by atoms with Crippen molar-refractivity contribution < 1.29 is 15.0 Å². The fraction of sp³-hybridized carbons (Fsp3) is 0.0526. The Kier molecular flexibility index (Phi) is 4.43. The zero-order chi connectivity index (χ0) is 16.9. The van der Waals surface area contributed by atoms with E-state index in [0.717, 1.165) is 11.1 Å². The molecule has 0 aromatic heterocycles. The van der Waals surface area contributed by atoms with Crippen molar-refractivity contribution in [2.45, 2.75) is 6.54 Å². The highest BCUT2D eigenvalue weighted by molar-refractivity contribution is 6.16. The smallest absolute Gasteiger partial charge is 0.261 e. The van der Waals surface area contributed by atoms with E-state index in [2.05, 4.69) is 10.3 Å². The van der Waals surface area contributed by atoms with Gasteiger partial charge >= 0.3 is 0 Å². The molecule has 0 spiro atoms. The highest BCUT2D eigenvalue weighted by Gasteiger charge is 2.25. The number of aliphatic imine (C=N–C) groups is 1. The highest BCUT2D eigenvalue weighted by atomic mass is 16.3. The molecule has 3 rings (SSSR count). The molecule has 2 aromatic rings. The van der Waals surface area contributed by atoms with Crippen molar-refractivity contribution in [3.63, 3.8) is 0 Å². The second-order valence-corrected chi connectivity index (χ2v) is 5.32. The number of nitrogens with zero attached hydrogens (tertiary/aromatic N) is 1. The summed E-state index contributed by atoms with van der Waals surface area (Å²) in [5, 5.41) is 22.1. The number of aliphatic hydroxyl groups is 1. The van der Waals surface area contributed by atoms with Crippen LogP contribution in [0.3, 0.4) is 0 Å². The van der Waals surface area contributed by atoms with Crippen molar-refractivity contribution in [2.24, 2.45) is 4.99 Å². The molecule has 0 atom stereocenters. The summed E-state index contributed by atoms with van der Waals surface area (Å²) >= 11 is 0. The van der Waals surface area contributed by atoms with E-state index < -0.39 is 5.91 Å². The molecule has 2 aromatic carbocycles. The number of phenolic OH excluding ortho intramolecular Hbond substituents is 1. The van der Waals surface area contributed by atoms with Gasteiger partial charge in [0.25, 0.3) is 5.91 Å². The quantitative estimate of drug-likeness (QED) is 0.758. The number of benzene rings is 2. The van der Waals surface area contributed by atoms with E-state index in [-0.39, 0.29) is 17.1 Å². The Balaban J connectivity index is 1.78. The summed E-state index contributed by atoms with van der Waals surface area (Å²) < 4.78 is 0. The van der Waals surface area contributed by atoms with E-state index in [9.17, 15) is 15.0 Å². The lowest BCUT2D eigenvalue weighted by Gasteiger charge is -1.99. The zero-order valence-electron chi connectivity index (χ0n) is 12.8. The first-order valence-electron chi connectivity index (χ1n) is 7.43. The van der Waals surface area contributed by atoms with Crippen LogP contribution in [0, 0.1) is 0 Å². The molecule has 3 N–H and O–H groups in total. The van der Waals surface area contributed by atoms with Gasteiger partial charge in [-0.15, -0.1) is 0 Å². The van der Waals surface area contributed by atoms with E-state index in [4.69, 9.17) is 0 Å². The standard InChI is InChI=1S/C19H16N2O3/c22-15-8-6-13(7-9-15)10-17-18(23)16(19(24)21-17)12-20-11-14-4-2-1-3-5-14/h1-10,12,22-23H,11H2,(H,21,24)/b17-10-,20-12?. The number of hydrogen-bond acceptors (Lipinski definition) is 4. The van der Waals surface area contributed by atoms with Crippen LogP contribution in [-0.4, -0.2) is 22.3 Å². The van der Waals surface area contributed by atoms with Crippen molar-refractivity contribution >= 4 is 18.2 Å². The van der Waals surface area contributed by atoms with Gasteiger partial charge < -0.3 is 15.5 Å². The van der Waals surface area contributed by atoms with Gasteiger partial charge in [-0.3, -0.25) is 9.79 Å². The molecular formula is C19H16N2O3. The number of aliphatic hydroxyl groups excluding tert-OH is 1. The summed E-state index contributed by atoms with van der Waals surface area (Å²) in [6, 6.07) is 16.1. The van der Waals surface area contributed by atoms with Crippen LogP contribution in [0.5, 0.6) is 5.75 Å². The van der Waals surface area contributed by atoms with Crippen LogP contribution in [0.2, 0.25) is 0 Å². The average Bonchev–Trinajstić information content (AvgIpc) is 2.85. The Morgan fingerprint density at radius 2 is 1.71 bits per heavy atom. The second kappa shape index (κ2) is 6.83. The Bertz CT molecular complexity index is 835. The topological polar surface area (TPSA) is 81.9 Å². The highest BCUT2D eigenvalue weighted by Crippen LogP contribution is 2.21. The van der Waals surface area contributed by atoms with Crippen molar-refractivity contribution in [2.75, 3.05) is 0 Å². The Hall–Kier alpha value is -3.34. The first-order valence-corrected chi connectivity index (χ1v) is 7.43. The van der Waals surface area contributed by atoms with E-state index in [1.165, 1.54) is 18.3 Å². The third-order valence-corrected chi connectivity index (χ3v) is 3.54. The number of carbonyl (C=O) groups excluding carboxylic acids is 1. The molecule has 5 nitrogen and oxygen atoms in total. The number of hydrogen-bond donors (Lipinski definition) is 3. The number of amides is 1. The largest absolute Gasteiger partial charge is 0.508 e. The van der Waals surface area contributed by atoms with Gasteiger partial charge in [0.2, 0.25) is 0 Å². The molecule has 0 bridgehead atoms. The number of carbonyl (C=O) groups is 1. The Morgan fingerprint density at radius 1 is 1.00 bits per heavy atom. The molecule has 5 heteroatoms. The van der Waals surface area contributed by atoms with Crippen molar-refractivity contribution in [3.8, 4) is 5.75 Å². The minimum atomic E-state index is -0.394.